The van der Waals surface area contributed by atoms with Crippen molar-refractivity contribution in [2.24, 2.45) is 4.99 Å². The van der Waals surface area contributed by atoms with Gasteiger partial charge in [0, 0.05) is 17.6 Å². The van der Waals surface area contributed by atoms with Crippen molar-refractivity contribution in [3.05, 3.63) is 12.2 Å². The summed E-state index contributed by atoms with van der Waals surface area (Å²) in [6, 6.07) is 0. The molecule has 0 atom stereocenters. The molecule has 0 bridgehead atoms. The molecule has 0 aromatic carbocycles. The highest BCUT2D eigenvalue weighted by Crippen LogP contribution is 1.98. The zero-order chi connectivity index (χ0) is 5.82. The number of aliphatic imine (C=N–C) groups is 1. The maximum atomic E-state index is 4.23. The van der Waals surface area contributed by atoms with Gasteiger partial charge < -0.3 is 0 Å². The first kappa shape index (κ1) is 9.37. The zero-order valence-electron chi connectivity index (χ0n) is 5.01. The number of hydrogen-bond donors (Lipinski definition) is 0. The van der Waals surface area contributed by atoms with Gasteiger partial charge in [-0.05, 0) is 12.5 Å². The number of allylic oxidation sites excluding steroid dienone is 1. The smallest absolute Gasteiger partial charge is 0.0452 e. The molecule has 0 aromatic rings. The molecule has 1 aliphatic heterocycles. The van der Waals surface area contributed by atoms with E-state index < -0.39 is 0 Å². The van der Waals surface area contributed by atoms with E-state index in [1.807, 2.05) is 0 Å². The monoisotopic (exact) mass is 253 g/mol. The Morgan fingerprint density at radius 3 is 2.78 bits per heavy atom. The summed E-state index contributed by atoms with van der Waals surface area (Å²) < 4.78 is 0. The summed E-state index contributed by atoms with van der Waals surface area (Å²) in [5.74, 6) is 0. The molecule has 0 saturated carbocycles. The molecule has 1 aliphatic rings. The van der Waals surface area contributed by atoms with Crippen LogP contribution in [0.25, 0.3) is 0 Å². The fourth-order valence-corrected chi connectivity index (χ4v) is 1.01. The van der Waals surface area contributed by atoms with Crippen LogP contribution in [0.2, 0.25) is 0 Å². The highest BCUT2D eigenvalue weighted by atomic mass is 79.9. The largest absolute Gasteiger partial charge is 0.289 e. The second kappa shape index (κ2) is 5.18. The lowest BCUT2D eigenvalue weighted by Gasteiger charge is -1.99. The van der Waals surface area contributed by atoms with Gasteiger partial charge in [0.2, 0.25) is 0 Å². The Bertz CT molecular complexity index is 129. The van der Waals surface area contributed by atoms with Crippen molar-refractivity contribution in [3.8, 4) is 0 Å². The summed E-state index contributed by atoms with van der Waals surface area (Å²) in [4.78, 5) is 4.23. The minimum absolute atomic E-state index is 0. The van der Waals surface area contributed by atoms with Crippen molar-refractivity contribution >= 4 is 38.6 Å². The predicted octanol–water partition coefficient (Wildman–Crippen LogP) is 2.36. The molecule has 1 nitrogen and oxygen atoms in total. The molecule has 1 rings (SSSR count). The Labute approximate surface area is 74.1 Å². The molecule has 1 heterocycles. The van der Waals surface area contributed by atoms with Crippen LogP contribution in [0.5, 0.6) is 0 Å². The van der Waals surface area contributed by atoms with E-state index in [9.17, 15) is 0 Å². The number of alkyl halides is 1. The summed E-state index contributed by atoms with van der Waals surface area (Å²) in [5.41, 5.74) is 1.16. The molecule has 0 N–H and O–H groups in total. The molecular weight excluding hydrogens is 246 g/mol. The minimum atomic E-state index is 0. The van der Waals surface area contributed by atoms with Gasteiger partial charge >= 0.3 is 0 Å². The van der Waals surface area contributed by atoms with Gasteiger partial charge in [-0.15, -0.1) is 17.0 Å². The van der Waals surface area contributed by atoms with Gasteiger partial charge in [0.1, 0.15) is 0 Å². The van der Waals surface area contributed by atoms with E-state index in [1.165, 1.54) is 0 Å². The fraction of sp³-hybridized carbons (Fsp3) is 0.500. The van der Waals surface area contributed by atoms with Gasteiger partial charge in [0.15, 0.2) is 0 Å². The molecule has 0 aliphatic carbocycles. The van der Waals surface area contributed by atoms with Crippen molar-refractivity contribution in [2.45, 2.75) is 6.42 Å². The van der Waals surface area contributed by atoms with Gasteiger partial charge in [-0.2, -0.15) is 0 Å². The Morgan fingerprint density at radius 2 is 2.44 bits per heavy atom. The topological polar surface area (TPSA) is 12.4 Å². The quantitative estimate of drug-likeness (QED) is 0.638. The van der Waals surface area contributed by atoms with E-state index in [4.69, 9.17) is 0 Å². The number of dihydropyridines is 1. The van der Waals surface area contributed by atoms with Gasteiger partial charge in [0.25, 0.3) is 0 Å². The van der Waals surface area contributed by atoms with Crippen molar-refractivity contribution in [1.82, 2.24) is 0 Å². The maximum absolute atomic E-state index is 4.23. The Morgan fingerprint density at radius 1 is 1.67 bits per heavy atom. The lowest BCUT2D eigenvalue weighted by Crippen LogP contribution is -2.00. The van der Waals surface area contributed by atoms with E-state index in [2.05, 4.69) is 33.1 Å². The number of halogens is 2. The molecule has 0 unspecified atom stereocenters. The van der Waals surface area contributed by atoms with Crippen LogP contribution >= 0.6 is 32.9 Å². The van der Waals surface area contributed by atoms with Gasteiger partial charge in [-0.25, -0.2) is 0 Å². The average Bonchev–Trinajstić information content (AvgIpc) is 1.90. The minimum Gasteiger partial charge on any atom is -0.289 e. The summed E-state index contributed by atoms with van der Waals surface area (Å²) in [5, 5.41) is 0.892. The second-order valence-corrected chi connectivity index (χ2v) is 2.26. The Balaban J connectivity index is 0.000000640. The third-order valence-electron chi connectivity index (χ3n) is 1.06. The van der Waals surface area contributed by atoms with Crippen LogP contribution in [0.4, 0.5) is 0 Å². The van der Waals surface area contributed by atoms with Gasteiger partial charge in [-0.1, -0.05) is 22.0 Å². The second-order valence-electron chi connectivity index (χ2n) is 1.70. The van der Waals surface area contributed by atoms with Crippen LogP contribution in [0.1, 0.15) is 6.42 Å². The summed E-state index contributed by atoms with van der Waals surface area (Å²) >= 11 is 3.33. The highest BCUT2D eigenvalue weighted by Gasteiger charge is 1.93. The van der Waals surface area contributed by atoms with Crippen LogP contribution in [0, 0.1) is 0 Å². The Hall–Kier alpha value is 0.370. The third kappa shape index (κ3) is 3.16. The fourth-order valence-electron chi connectivity index (χ4n) is 0.642. The SMILES string of the molecule is Br.BrCC1=NCCC=C1. The molecule has 0 spiro atoms. The van der Waals surface area contributed by atoms with E-state index in [-0.39, 0.29) is 17.0 Å². The molecule has 0 saturated heterocycles. The number of hydrogen-bond acceptors (Lipinski definition) is 1. The highest BCUT2D eigenvalue weighted by molar-refractivity contribution is 9.09. The number of nitrogens with zero attached hydrogens (tertiary/aromatic N) is 1. The molecule has 0 radical (unpaired) electrons. The Kier molecular flexibility index (Phi) is 5.39. The van der Waals surface area contributed by atoms with E-state index in [0.29, 0.717) is 0 Å². The van der Waals surface area contributed by atoms with Crippen molar-refractivity contribution < 1.29 is 0 Å². The lowest BCUT2D eigenvalue weighted by molar-refractivity contribution is 0.993. The molecule has 9 heavy (non-hydrogen) atoms. The van der Waals surface area contributed by atoms with E-state index in [0.717, 1.165) is 24.0 Å². The first-order valence-corrected chi connectivity index (χ1v) is 3.81. The third-order valence-corrected chi connectivity index (χ3v) is 1.63. The van der Waals surface area contributed by atoms with Gasteiger partial charge in [-0.3, -0.25) is 4.99 Å². The van der Waals surface area contributed by atoms with Crippen LogP contribution in [0.15, 0.2) is 17.1 Å². The van der Waals surface area contributed by atoms with Gasteiger partial charge in [0.05, 0.1) is 0 Å². The van der Waals surface area contributed by atoms with Crippen molar-refractivity contribution in [1.29, 1.82) is 0 Å². The predicted molar refractivity (Wildman–Crippen MR) is 50.2 cm³/mol. The normalized spacial score (nSPS) is 16.3. The summed E-state index contributed by atoms with van der Waals surface area (Å²) in [7, 11) is 0. The molecule has 3 heteroatoms. The lowest BCUT2D eigenvalue weighted by atomic mass is 10.2. The van der Waals surface area contributed by atoms with E-state index >= 15 is 0 Å². The summed E-state index contributed by atoms with van der Waals surface area (Å²) in [6.45, 7) is 0.970. The molecule has 0 amide bonds. The average molecular weight is 255 g/mol. The first-order chi connectivity index (χ1) is 3.93. The molecule has 52 valence electrons. The van der Waals surface area contributed by atoms with Crippen LogP contribution in [-0.4, -0.2) is 17.6 Å². The summed E-state index contributed by atoms with van der Waals surface area (Å²) in [6.07, 6.45) is 5.33. The van der Waals surface area contributed by atoms with E-state index in [1.54, 1.807) is 0 Å². The molecule has 0 fully saturated rings. The van der Waals surface area contributed by atoms with Crippen LogP contribution < -0.4 is 0 Å². The molecular formula is C6H9Br2N. The van der Waals surface area contributed by atoms with Crippen molar-refractivity contribution in [2.75, 3.05) is 11.9 Å². The standard InChI is InChI=1S/C6H8BrN.BrH/c7-5-6-3-1-2-4-8-6;/h1,3H,2,4-5H2;1H. The van der Waals surface area contributed by atoms with Crippen molar-refractivity contribution in [3.63, 3.8) is 0 Å². The number of rotatable bonds is 1. The maximum Gasteiger partial charge on any atom is 0.0452 e. The molecule has 0 aromatic heterocycles. The zero-order valence-corrected chi connectivity index (χ0v) is 8.31. The van der Waals surface area contributed by atoms with Crippen LogP contribution in [0.3, 0.4) is 0 Å². The first-order valence-electron chi connectivity index (χ1n) is 2.69. The van der Waals surface area contributed by atoms with Crippen LogP contribution in [-0.2, 0) is 0 Å².